The van der Waals surface area contributed by atoms with Gasteiger partial charge in [0.25, 0.3) is 5.56 Å². The molecule has 130 valence electrons. The van der Waals surface area contributed by atoms with Gasteiger partial charge in [-0.3, -0.25) is 9.36 Å². The van der Waals surface area contributed by atoms with E-state index in [1.807, 2.05) is 30.3 Å². The van der Waals surface area contributed by atoms with Crippen LogP contribution >= 0.6 is 0 Å². The zero-order valence-electron chi connectivity index (χ0n) is 14.1. The van der Waals surface area contributed by atoms with Gasteiger partial charge in [-0.05, 0) is 54.0 Å². The van der Waals surface area contributed by atoms with E-state index in [0.29, 0.717) is 29.7 Å². The average Bonchev–Trinajstić information content (AvgIpc) is 3.04. The molecular formula is C20H16N2O4. The summed E-state index contributed by atoms with van der Waals surface area (Å²) in [4.78, 5) is 28.5. The lowest BCUT2D eigenvalue weighted by Gasteiger charge is -2.06. The Balaban J connectivity index is 1.87. The molecule has 6 nitrogen and oxygen atoms in total. The monoisotopic (exact) mass is 348 g/mol. The molecule has 0 atom stereocenters. The number of ether oxygens (including phenoxy) is 1. The van der Waals surface area contributed by atoms with E-state index in [1.54, 1.807) is 11.7 Å². The minimum absolute atomic E-state index is 0.116. The van der Waals surface area contributed by atoms with E-state index < -0.39 is 5.97 Å². The molecule has 0 spiro atoms. The molecule has 0 saturated heterocycles. The fourth-order valence-corrected chi connectivity index (χ4v) is 3.22. The van der Waals surface area contributed by atoms with Crippen LogP contribution in [0.25, 0.3) is 22.6 Å². The summed E-state index contributed by atoms with van der Waals surface area (Å²) in [7, 11) is 1.62. The lowest BCUT2D eigenvalue weighted by molar-refractivity contribution is 0.0697. The van der Waals surface area contributed by atoms with Crippen molar-refractivity contribution >= 4 is 28.5 Å². The highest BCUT2D eigenvalue weighted by Gasteiger charge is 2.21. The Morgan fingerprint density at radius 3 is 2.88 bits per heavy atom. The second kappa shape index (κ2) is 6.15. The standard InChI is InChI=1S/C20H16N2O4/c1-26-15-4-2-3-12(10-15)9-13-7-8-22-18(13)21-17-11-14(20(24)25)5-6-16(17)19(22)23/h2-6,9-11H,7-8H2,1H3,(H,24,25)/b13-9+. The minimum Gasteiger partial charge on any atom is -0.497 e. The fraction of sp³-hybridized carbons (Fsp3) is 0.150. The summed E-state index contributed by atoms with van der Waals surface area (Å²) in [5, 5.41) is 9.60. The van der Waals surface area contributed by atoms with Crippen LogP contribution in [-0.2, 0) is 6.54 Å². The molecule has 4 rings (SSSR count). The van der Waals surface area contributed by atoms with Crippen LogP contribution < -0.4 is 10.3 Å². The van der Waals surface area contributed by atoms with Gasteiger partial charge >= 0.3 is 5.97 Å². The van der Waals surface area contributed by atoms with Crippen molar-refractivity contribution in [1.82, 2.24) is 9.55 Å². The third-order valence-corrected chi connectivity index (χ3v) is 4.53. The van der Waals surface area contributed by atoms with Crippen molar-refractivity contribution < 1.29 is 14.6 Å². The number of aromatic nitrogens is 2. The quantitative estimate of drug-likeness (QED) is 0.787. The van der Waals surface area contributed by atoms with E-state index >= 15 is 0 Å². The van der Waals surface area contributed by atoms with Crippen LogP contribution in [0.2, 0.25) is 0 Å². The summed E-state index contributed by atoms with van der Waals surface area (Å²) in [5.41, 5.74) is 2.28. The van der Waals surface area contributed by atoms with Crippen molar-refractivity contribution in [1.29, 1.82) is 0 Å². The fourth-order valence-electron chi connectivity index (χ4n) is 3.22. The molecule has 0 saturated carbocycles. The van der Waals surface area contributed by atoms with Gasteiger partial charge in [0.2, 0.25) is 0 Å². The Kier molecular flexibility index (Phi) is 3.80. The molecule has 2 aromatic carbocycles. The van der Waals surface area contributed by atoms with Gasteiger partial charge in [-0.15, -0.1) is 0 Å². The minimum atomic E-state index is -1.04. The van der Waals surface area contributed by atoms with Crippen molar-refractivity contribution in [3.8, 4) is 5.75 Å². The van der Waals surface area contributed by atoms with Gasteiger partial charge in [0.1, 0.15) is 11.6 Å². The summed E-state index contributed by atoms with van der Waals surface area (Å²) >= 11 is 0. The number of carbonyl (C=O) groups is 1. The van der Waals surface area contributed by atoms with E-state index in [1.165, 1.54) is 18.2 Å². The van der Waals surface area contributed by atoms with Crippen molar-refractivity contribution in [2.45, 2.75) is 13.0 Å². The van der Waals surface area contributed by atoms with Crippen molar-refractivity contribution in [3.63, 3.8) is 0 Å². The van der Waals surface area contributed by atoms with Crippen LogP contribution in [-0.4, -0.2) is 27.7 Å². The molecule has 1 aliphatic heterocycles. The Hall–Kier alpha value is -3.41. The number of methoxy groups -OCH3 is 1. The Morgan fingerprint density at radius 2 is 2.12 bits per heavy atom. The maximum atomic E-state index is 12.7. The molecule has 0 aliphatic carbocycles. The van der Waals surface area contributed by atoms with Gasteiger partial charge in [-0.1, -0.05) is 12.1 Å². The smallest absolute Gasteiger partial charge is 0.335 e. The Labute approximate surface area is 149 Å². The number of rotatable bonds is 3. The predicted octanol–water partition coefficient (Wildman–Crippen LogP) is 3.05. The molecule has 1 aliphatic rings. The molecule has 0 fully saturated rings. The molecule has 0 unspecified atom stereocenters. The van der Waals surface area contributed by atoms with E-state index in [0.717, 1.165) is 16.9 Å². The molecule has 3 aromatic rings. The van der Waals surface area contributed by atoms with Crippen LogP contribution in [0.3, 0.4) is 0 Å². The summed E-state index contributed by atoms with van der Waals surface area (Å²) < 4.78 is 6.89. The van der Waals surface area contributed by atoms with Crippen molar-refractivity contribution in [3.05, 3.63) is 69.8 Å². The average molecular weight is 348 g/mol. The molecule has 6 heteroatoms. The Bertz CT molecular complexity index is 1130. The highest BCUT2D eigenvalue weighted by atomic mass is 16.5. The lowest BCUT2D eigenvalue weighted by atomic mass is 10.1. The first-order chi connectivity index (χ1) is 12.6. The number of hydrogen-bond acceptors (Lipinski definition) is 4. The van der Waals surface area contributed by atoms with E-state index in [2.05, 4.69) is 4.98 Å². The lowest BCUT2D eigenvalue weighted by Crippen LogP contribution is -2.20. The first-order valence-electron chi connectivity index (χ1n) is 8.20. The van der Waals surface area contributed by atoms with E-state index in [-0.39, 0.29) is 11.1 Å². The van der Waals surface area contributed by atoms with Gasteiger partial charge in [-0.2, -0.15) is 0 Å². The normalized spacial score (nSPS) is 14.6. The number of nitrogens with zero attached hydrogens (tertiary/aromatic N) is 2. The predicted molar refractivity (Wildman–Crippen MR) is 98.4 cm³/mol. The van der Waals surface area contributed by atoms with Crippen molar-refractivity contribution in [2.75, 3.05) is 7.11 Å². The van der Waals surface area contributed by atoms with Gasteiger partial charge < -0.3 is 9.84 Å². The molecule has 2 heterocycles. The second-order valence-electron chi connectivity index (χ2n) is 6.13. The molecule has 1 aromatic heterocycles. The number of carboxylic acids is 1. The molecule has 26 heavy (non-hydrogen) atoms. The highest BCUT2D eigenvalue weighted by Crippen LogP contribution is 2.28. The molecule has 0 bridgehead atoms. The Morgan fingerprint density at radius 1 is 1.27 bits per heavy atom. The highest BCUT2D eigenvalue weighted by molar-refractivity contribution is 5.93. The van der Waals surface area contributed by atoms with Crippen LogP contribution in [0, 0.1) is 0 Å². The van der Waals surface area contributed by atoms with Gasteiger partial charge in [-0.25, -0.2) is 9.78 Å². The van der Waals surface area contributed by atoms with Crippen LogP contribution in [0.15, 0.2) is 47.3 Å². The maximum absolute atomic E-state index is 12.7. The topological polar surface area (TPSA) is 81.4 Å². The third kappa shape index (κ3) is 2.65. The summed E-state index contributed by atoms with van der Waals surface area (Å²) in [5.74, 6) is 0.307. The number of aromatic carboxylic acids is 1. The van der Waals surface area contributed by atoms with E-state index in [9.17, 15) is 9.59 Å². The molecular weight excluding hydrogens is 332 g/mol. The molecule has 0 radical (unpaired) electrons. The van der Waals surface area contributed by atoms with Crippen LogP contribution in [0.5, 0.6) is 5.75 Å². The number of allylic oxidation sites excluding steroid dienone is 1. The molecule has 1 N–H and O–H groups in total. The largest absolute Gasteiger partial charge is 0.497 e. The number of carboxylic acid groups (broad SMARTS) is 1. The van der Waals surface area contributed by atoms with E-state index in [4.69, 9.17) is 9.84 Å². The van der Waals surface area contributed by atoms with Gasteiger partial charge in [0.05, 0.1) is 23.6 Å². The van der Waals surface area contributed by atoms with Crippen molar-refractivity contribution in [2.24, 2.45) is 0 Å². The summed E-state index contributed by atoms with van der Waals surface area (Å²) in [6, 6.07) is 12.1. The second-order valence-corrected chi connectivity index (χ2v) is 6.13. The summed E-state index contributed by atoms with van der Waals surface area (Å²) in [6.45, 7) is 0.563. The van der Waals surface area contributed by atoms with Crippen LogP contribution in [0.1, 0.15) is 28.2 Å². The maximum Gasteiger partial charge on any atom is 0.335 e. The number of benzene rings is 2. The first-order valence-corrected chi connectivity index (χ1v) is 8.20. The molecule has 0 amide bonds. The summed E-state index contributed by atoms with van der Waals surface area (Å²) in [6.07, 6.45) is 2.68. The zero-order chi connectivity index (χ0) is 18.3. The number of fused-ring (bicyclic) bond motifs is 2. The van der Waals surface area contributed by atoms with Crippen LogP contribution in [0.4, 0.5) is 0 Å². The zero-order valence-corrected chi connectivity index (χ0v) is 14.1. The third-order valence-electron chi connectivity index (χ3n) is 4.53. The van der Waals surface area contributed by atoms with Gasteiger partial charge in [0, 0.05) is 6.54 Å². The first kappa shape index (κ1) is 16.1. The SMILES string of the molecule is COc1cccc(/C=C2\CCn3c2nc2cc(C(=O)O)ccc2c3=O)c1. The number of hydrogen-bond donors (Lipinski definition) is 1. The van der Waals surface area contributed by atoms with Gasteiger partial charge in [0.15, 0.2) is 0 Å².